The molecule has 202 valence electrons. The summed E-state index contributed by atoms with van der Waals surface area (Å²) in [5.74, 6) is 0.381. The Kier molecular flexibility index (Phi) is 8.46. The zero-order chi connectivity index (χ0) is 27.4. The zero-order valence-corrected chi connectivity index (χ0v) is 24.0. The maximum absolute atomic E-state index is 13.6. The van der Waals surface area contributed by atoms with Crippen LogP contribution in [0.5, 0.6) is 0 Å². The van der Waals surface area contributed by atoms with Crippen LogP contribution in [0.1, 0.15) is 34.6 Å². The fraction of sp³-hybridized carbons (Fsp3) is 0.222. The maximum Gasteiger partial charge on any atom is 0.251 e. The number of amides is 1. The minimum Gasteiger partial charge on any atom is -0.345 e. The molecule has 39 heavy (non-hydrogen) atoms. The summed E-state index contributed by atoms with van der Waals surface area (Å²) < 4.78 is 43.4. The lowest BCUT2D eigenvalue weighted by molar-refractivity contribution is 0.0949. The second-order valence-corrected chi connectivity index (χ2v) is 12.7. The van der Waals surface area contributed by atoms with E-state index in [0.29, 0.717) is 41.1 Å². The van der Waals surface area contributed by atoms with Crippen molar-refractivity contribution in [1.82, 2.24) is 24.4 Å². The van der Waals surface area contributed by atoms with Crippen LogP contribution in [0.2, 0.25) is 0 Å². The second-order valence-electron chi connectivity index (χ2n) is 8.94. The van der Waals surface area contributed by atoms with E-state index >= 15 is 0 Å². The highest BCUT2D eigenvalue weighted by Crippen LogP contribution is 2.26. The molecule has 0 radical (unpaired) electrons. The highest BCUT2D eigenvalue weighted by Gasteiger charge is 2.27. The predicted octanol–water partition coefficient (Wildman–Crippen LogP) is 5.18. The van der Waals surface area contributed by atoms with E-state index in [1.165, 1.54) is 52.5 Å². The van der Waals surface area contributed by atoms with E-state index in [2.05, 4.69) is 31.4 Å². The van der Waals surface area contributed by atoms with Crippen LogP contribution in [0.3, 0.4) is 0 Å². The lowest BCUT2D eigenvalue weighted by atomic mass is 10.2. The average Bonchev–Trinajstić information content (AvgIpc) is 3.63. The SMILES string of the molecule is O=C(NCc1nnc(SCc2ccc(Br)cc2)n1-c1ccc(F)cc1)c1ccc(S(=O)(=O)N2CCCC2)cc1. The summed E-state index contributed by atoms with van der Waals surface area (Å²) in [5.41, 5.74) is 2.09. The minimum atomic E-state index is -3.55. The maximum atomic E-state index is 13.6. The molecule has 1 saturated heterocycles. The third-order valence-corrected chi connectivity index (χ3v) is 9.73. The standard InChI is InChI=1S/C27H25BrFN5O3S2/c28-21-7-3-19(4-8-21)18-38-27-32-31-25(34(27)23-11-9-22(29)10-12-23)17-30-26(35)20-5-13-24(14-6-20)39(36,37)33-15-1-2-16-33/h3-14H,1-2,15-18H2,(H,30,35). The summed E-state index contributed by atoms with van der Waals surface area (Å²) in [5, 5.41) is 12.0. The number of benzene rings is 3. The van der Waals surface area contributed by atoms with Gasteiger partial charge in [-0.25, -0.2) is 12.8 Å². The summed E-state index contributed by atoms with van der Waals surface area (Å²) in [6.07, 6.45) is 1.71. The molecule has 2 heterocycles. The molecule has 1 fully saturated rings. The number of carbonyl (C=O) groups is 1. The van der Waals surface area contributed by atoms with Gasteiger partial charge in [0, 0.05) is 34.6 Å². The summed E-state index contributed by atoms with van der Waals surface area (Å²) in [6.45, 7) is 1.10. The molecule has 5 rings (SSSR count). The molecular formula is C27H25BrFN5O3S2. The van der Waals surface area contributed by atoms with Crippen molar-refractivity contribution in [3.63, 3.8) is 0 Å². The number of rotatable bonds is 9. The molecular weight excluding hydrogens is 605 g/mol. The van der Waals surface area contributed by atoms with Gasteiger partial charge >= 0.3 is 0 Å². The molecule has 1 aliphatic rings. The largest absolute Gasteiger partial charge is 0.345 e. The number of nitrogens with one attached hydrogen (secondary N) is 1. The number of nitrogens with zero attached hydrogens (tertiary/aromatic N) is 4. The van der Waals surface area contributed by atoms with E-state index in [1.54, 1.807) is 16.7 Å². The molecule has 1 N–H and O–H groups in total. The van der Waals surface area contributed by atoms with Gasteiger partial charge in [0.2, 0.25) is 10.0 Å². The quantitative estimate of drug-likeness (QED) is 0.256. The summed E-state index contributed by atoms with van der Waals surface area (Å²) in [7, 11) is -3.55. The molecule has 0 bridgehead atoms. The van der Waals surface area contributed by atoms with Gasteiger partial charge in [-0.05, 0) is 79.1 Å². The van der Waals surface area contributed by atoms with Crippen LogP contribution in [0.25, 0.3) is 5.69 Å². The van der Waals surface area contributed by atoms with Gasteiger partial charge in [0.1, 0.15) is 5.82 Å². The van der Waals surface area contributed by atoms with E-state index in [0.717, 1.165) is 22.9 Å². The van der Waals surface area contributed by atoms with Gasteiger partial charge in [0.05, 0.1) is 11.4 Å². The highest BCUT2D eigenvalue weighted by atomic mass is 79.9. The van der Waals surface area contributed by atoms with Crippen LogP contribution >= 0.6 is 27.7 Å². The van der Waals surface area contributed by atoms with Crippen molar-refractivity contribution in [2.24, 2.45) is 0 Å². The Morgan fingerprint density at radius 2 is 1.62 bits per heavy atom. The van der Waals surface area contributed by atoms with Crippen LogP contribution in [0, 0.1) is 5.82 Å². The second kappa shape index (κ2) is 12.0. The minimum absolute atomic E-state index is 0.0654. The Hall–Kier alpha value is -3.06. The van der Waals surface area contributed by atoms with Gasteiger partial charge in [0.15, 0.2) is 11.0 Å². The molecule has 1 amide bonds. The van der Waals surface area contributed by atoms with Crippen molar-refractivity contribution in [2.45, 2.75) is 35.2 Å². The van der Waals surface area contributed by atoms with Gasteiger partial charge in [-0.2, -0.15) is 4.31 Å². The third kappa shape index (κ3) is 6.40. The zero-order valence-electron chi connectivity index (χ0n) is 20.8. The third-order valence-electron chi connectivity index (χ3n) is 6.29. The van der Waals surface area contributed by atoms with Crippen LogP contribution in [-0.2, 0) is 22.3 Å². The molecule has 0 aliphatic carbocycles. The number of halogens is 2. The summed E-state index contributed by atoms with van der Waals surface area (Å²) in [6, 6.07) is 19.9. The lowest BCUT2D eigenvalue weighted by Gasteiger charge is -2.15. The van der Waals surface area contributed by atoms with Crippen molar-refractivity contribution in [1.29, 1.82) is 0 Å². The Morgan fingerprint density at radius 1 is 0.949 bits per heavy atom. The fourth-order valence-electron chi connectivity index (χ4n) is 4.20. The molecule has 3 aromatic carbocycles. The van der Waals surface area contributed by atoms with Gasteiger partial charge in [-0.3, -0.25) is 9.36 Å². The molecule has 12 heteroatoms. The Balaban J connectivity index is 1.31. The van der Waals surface area contributed by atoms with Crippen molar-refractivity contribution in [2.75, 3.05) is 13.1 Å². The Bertz CT molecular complexity index is 1550. The first-order valence-electron chi connectivity index (χ1n) is 12.3. The Morgan fingerprint density at radius 3 is 2.28 bits per heavy atom. The molecule has 0 spiro atoms. The predicted molar refractivity (Wildman–Crippen MR) is 151 cm³/mol. The van der Waals surface area contributed by atoms with Crippen LogP contribution in [0.4, 0.5) is 4.39 Å². The fourth-order valence-corrected chi connectivity index (χ4v) is 6.91. The molecule has 4 aromatic rings. The van der Waals surface area contributed by atoms with Gasteiger partial charge in [-0.15, -0.1) is 10.2 Å². The lowest BCUT2D eigenvalue weighted by Crippen LogP contribution is -2.28. The number of hydrogen-bond donors (Lipinski definition) is 1. The molecule has 1 aliphatic heterocycles. The van der Waals surface area contributed by atoms with E-state index in [1.807, 2.05) is 24.3 Å². The molecule has 0 atom stereocenters. The monoisotopic (exact) mass is 629 g/mol. The summed E-state index contributed by atoms with van der Waals surface area (Å²) in [4.78, 5) is 13.1. The number of sulfonamides is 1. The van der Waals surface area contributed by atoms with Gasteiger partial charge in [-0.1, -0.05) is 39.8 Å². The van der Waals surface area contributed by atoms with E-state index in [9.17, 15) is 17.6 Å². The van der Waals surface area contributed by atoms with Crippen molar-refractivity contribution in [3.05, 3.63) is 100 Å². The van der Waals surface area contributed by atoms with Crippen LogP contribution in [-0.4, -0.2) is 46.5 Å². The topological polar surface area (TPSA) is 97.2 Å². The molecule has 0 saturated carbocycles. The first-order chi connectivity index (χ1) is 18.8. The number of hydrogen-bond acceptors (Lipinski definition) is 6. The van der Waals surface area contributed by atoms with Crippen molar-refractivity contribution < 1.29 is 17.6 Å². The first kappa shape index (κ1) is 27.5. The number of thioether (sulfide) groups is 1. The summed E-state index contributed by atoms with van der Waals surface area (Å²) >= 11 is 4.91. The average molecular weight is 631 g/mol. The number of carbonyl (C=O) groups excluding carboxylic acids is 1. The number of aromatic nitrogens is 3. The normalized spacial score (nSPS) is 14.0. The van der Waals surface area contributed by atoms with Gasteiger partial charge < -0.3 is 5.32 Å². The molecule has 1 aromatic heterocycles. The molecule has 0 unspecified atom stereocenters. The van der Waals surface area contributed by atoms with Crippen LogP contribution < -0.4 is 5.32 Å². The smallest absolute Gasteiger partial charge is 0.251 e. The van der Waals surface area contributed by atoms with Gasteiger partial charge in [0.25, 0.3) is 5.91 Å². The van der Waals surface area contributed by atoms with E-state index in [4.69, 9.17) is 0 Å². The van der Waals surface area contributed by atoms with E-state index < -0.39 is 10.0 Å². The van der Waals surface area contributed by atoms with E-state index in [-0.39, 0.29) is 23.2 Å². The van der Waals surface area contributed by atoms with Crippen molar-refractivity contribution in [3.8, 4) is 5.69 Å². The highest BCUT2D eigenvalue weighted by molar-refractivity contribution is 9.10. The Labute approximate surface area is 238 Å². The molecule has 8 nitrogen and oxygen atoms in total. The van der Waals surface area contributed by atoms with Crippen molar-refractivity contribution >= 4 is 43.6 Å². The first-order valence-corrected chi connectivity index (χ1v) is 15.5. The van der Waals surface area contributed by atoms with Crippen LogP contribution in [0.15, 0.2) is 87.3 Å².